The van der Waals surface area contributed by atoms with Crippen molar-refractivity contribution in [1.82, 2.24) is 10.6 Å². The fraction of sp³-hybridized carbons (Fsp3) is 0.353. The zero-order valence-electron chi connectivity index (χ0n) is 13.6. The topological polar surface area (TPSA) is 108 Å². The van der Waals surface area contributed by atoms with Crippen LogP contribution in [0, 0.1) is 5.41 Å². The van der Waals surface area contributed by atoms with Gasteiger partial charge in [-0.15, -0.1) is 0 Å². The molecule has 5 N–H and O–H groups in total. The first-order valence-electron chi connectivity index (χ1n) is 7.63. The third-order valence-electron chi connectivity index (χ3n) is 3.21. The molecule has 0 heterocycles. The average molecular weight is 316 g/mol. The number of hydrogen-bond donors (Lipinski definition) is 4. The molecule has 6 nitrogen and oxygen atoms in total. The van der Waals surface area contributed by atoms with E-state index in [1.807, 2.05) is 26.0 Å². The van der Waals surface area contributed by atoms with E-state index in [4.69, 9.17) is 11.1 Å². The molecule has 1 aromatic rings. The van der Waals surface area contributed by atoms with Crippen LogP contribution in [-0.4, -0.2) is 30.6 Å². The second kappa shape index (κ2) is 9.40. The van der Waals surface area contributed by atoms with Gasteiger partial charge >= 0.3 is 0 Å². The minimum Gasteiger partial charge on any atom is -0.398 e. The molecule has 1 aromatic carbocycles. The van der Waals surface area contributed by atoms with Gasteiger partial charge in [-0.05, 0) is 32.0 Å². The number of amides is 2. The summed E-state index contributed by atoms with van der Waals surface area (Å²) < 4.78 is 0. The van der Waals surface area contributed by atoms with Gasteiger partial charge in [0.25, 0.3) is 5.91 Å². The molecule has 0 aromatic heterocycles. The standard InChI is InChI=1S/C17H24N4O2/c1-3-5-6-14(18)13-11-12(7-8-15(13)19)17(23)21-10-9-16(22)20-4-2/h3,5,7-8,11,18H,4,6,9-10,19H2,1-2H3,(H,20,22)(H,21,23)/b5-3-,18-14?. The highest BCUT2D eigenvalue weighted by Crippen LogP contribution is 2.16. The van der Waals surface area contributed by atoms with Gasteiger partial charge in [-0.25, -0.2) is 0 Å². The lowest BCUT2D eigenvalue weighted by Gasteiger charge is -2.10. The lowest BCUT2D eigenvalue weighted by molar-refractivity contribution is -0.120. The smallest absolute Gasteiger partial charge is 0.251 e. The van der Waals surface area contributed by atoms with Gasteiger partial charge in [0.2, 0.25) is 5.91 Å². The molecule has 0 fully saturated rings. The molecular weight excluding hydrogens is 292 g/mol. The minimum absolute atomic E-state index is 0.0982. The Kier molecular flexibility index (Phi) is 7.53. The van der Waals surface area contributed by atoms with E-state index in [2.05, 4.69) is 10.6 Å². The number of anilines is 1. The van der Waals surface area contributed by atoms with Crippen molar-refractivity contribution >= 4 is 23.2 Å². The van der Waals surface area contributed by atoms with Crippen LogP contribution in [0.4, 0.5) is 5.69 Å². The van der Waals surface area contributed by atoms with E-state index in [0.717, 1.165) is 0 Å². The predicted octanol–water partition coefficient (Wildman–Crippen LogP) is 1.86. The first-order chi connectivity index (χ1) is 11.0. The van der Waals surface area contributed by atoms with E-state index in [1.54, 1.807) is 18.2 Å². The molecule has 0 unspecified atom stereocenters. The van der Waals surface area contributed by atoms with Gasteiger partial charge in [0, 0.05) is 48.5 Å². The fourth-order valence-corrected chi connectivity index (χ4v) is 1.98. The molecule has 23 heavy (non-hydrogen) atoms. The summed E-state index contributed by atoms with van der Waals surface area (Å²) in [7, 11) is 0. The number of nitrogens with two attached hydrogens (primary N) is 1. The molecule has 1 rings (SSSR count). The number of carbonyl (C=O) groups is 2. The summed E-state index contributed by atoms with van der Waals surface area (Å²) in [5, 5.41) is 13.4. The summed E-state index contributed by atoms with van der Waals surface area (Å²) >= 11 is 0. The molecule has 0 saturated carbocycles. The zero-order valence-corrected chi connectivity index (χ0v) is 13.6. The van der Waals surface area contributed by atoms with E-state index in [-0.39, 0.29) is 24.8 Å². The normalized spacial score (nSPS) is 10.5. The molecule has 0 saturated heterocycles. The van der Waals surface area contributed by atoms with Crippen LogP contribution >= 0.6 is 0 Å². The van der Waals surface area contributed by atoms with Crippen molar-refractivity contribution in [3.8, 4) is 0 Å². The largest absolute Gasteiger partial charge is 0.398 e. The maximum Gasteiger partial charge on any atom is 0.251 e. The van der Waals surface area contributed by atoms with Gasteiger partial charge < -0.3 is 21.8 Å². The highest BCUT2D eigenvalue weighted by molar-refractivity contribution is 6.06. The maximum atomic E-state index is 12.1. The van der Waals surface area contributed by atoms with E-state index in [0.29, 0.717) is 35.5 Å². The third-order valence-corrected chi connectivity index (χ3v) is 3.21. The van der Waals surface area contributed by atoms with Crippen molar-refractivity contribution in [2.45, 2.75) is 26.7 Å². The Labute approximate surface area is 136 Å². The SMILES string of the molecule is C/C=C\CC(=N)c1cc(C(=O)NCCC(=O)NCC)ccc1N. The quantitative estimate of drug-likeness (QED) is 0.334. The van der Waals surface area contributed by atoms with Crippen LogP contribution in [0.25, 0.3) is 0 Å². The fourth-order valence-electron chi connectivity index (χ4n) is 1.98. The molecule has 0 aliphatic heterocycles. The number of rotatable bonds is 8. The average Bonchev–Trinajstić information content (AvgIpc) is 2.53. The lowest BCUT2D eigenvalue weighted by atomic mass is 10.0. The van der Waals surface area contributed by atoms with Crippen LogP contribution in [0.5, 0.6) is 0 Å². The number of nitrogen functional groups attached to an aromatic ring is 1. The van der Waals surface area contributed by atoms with Gasteiger partial charge in [0.05, 0.1) is 0 Å². The zero-order chi connectivity index (χ0) is 17.2. The van der Waals surface area contributed by atoms with Gasteiger partial charge in [-0.1, -0.05) is 12.2 Å². The van der Waals surface area contributed by atoms with Crippen LogP contribution in [0.15, 0.2) is 30.4 Å². The maximum absolute atomic E-state index is 12.1. The summed E-state index contributed by atoms with van der Waals surface area (Å²) in [6.45, 7) is 4.56. The van der Waals surface area contributed by atoms with E-state index >= 15 is 0 Å². The Morgan fingerprint density at radius 3 is 2.70 bits per heavy atom. The molecule has 0 aliphatic carbocycles. The Bertz CT molecular complexity index is 609. The van der Waals surface area contributed by atoms with Crippen molar-refractivity contribution in [3.05, 3.63) is 41.5 Å². The highest BCUT2D eigenvalue weighted by atomic mass is 16.2. The number of allylic oxidation sites excluding steroid dienone is 2. The Morgan fingerprint density at radius 1 is 1.30 bits per heavy atom. The summed E-state index contributed by atoms with van der Waals surface area (Å²) in [5.74, 6) is -0.381. The molecule has 0 aliphatic rings. The second-order valence-electron chi connectivity index (χ2n) is 5.01. The molecule has 0 bridgehead atoms. The number of carbonyl (C=O) groups excluding carboxylic acids is 2. The molecule has 124 valence electrons. The minimum atomic E-state index is -0.283. The first kappa shape index (κ1) is 18.4. The number of benzene rings is 1. The van der Waals surface area contributed by atoms with Crippen LogP contribution < -0.4 is 16.4 Å². The molecular formula is C17H24N4O2. The van der Waals surface area contributed by atoms with Gasteiger partial charge in [-0.3, -0.25) is 9.59 Å². The number of hydrogen-bond acceptors (Lipinski definition) is 4. The summed E-state index contributed by atoms with van der Waals surface area (Å²) in [4.78, 5) is 23.5. The van der Waals surface area contributed by atoms with Crippen molar-refractivity contribution in [1.29, 1.82) is 5.41 Å². The van der Waals surface area contributed by atoms with Gasteiger partial charge in [-0.2, -0.15) is 0 Å². The van der Waals surface area contributed by atoms with E-state index in [9.17, 15) is 9.59 Å². The molecule has 6 heteroatoms. The summed E-state index contributed by atoms with van der Waals surface area (Å²) in [6, 6.07) is 4.85. The van der Waals surface area contributed by atoms with Crippen LogP contribution in [-0.2, 0) is 4.79 Å². The van der Waals surface area contributed by atoms with Gasteiger partial charge in [0.1, 0.15) is 0 Å². The van der Waals surface area contributed by atoms with Crippen molar-refractivity contribution in [2.24, 2.45) is 0 Å². The molecule has 0 spiro atoms. The van der Waals surface area contributed by atoms with Crippen LogP contribution in [0.1, 0.15) is 42.6 Å². The van der Waals surface area contributed by atoms with Gasteiger partial charge in [0.15, 0.2) is 0 Å². The van der Waals surface area contributed by atoms with E-state index < -0.39 is 0 Å². The van der Waals surface area contributed by atoms with Crippen LogP contribution in [0.3, 0.4) is 0 Å². The Balaban J connectivity index is 2.71. The molecule has 0 radical (unpaired) electrons. The Hall–Kier alpha value is -2.63. The van der Waals surface area contributed by atoms with Crippen LogP contribution in [0.2, 0.25) is 0 Å². The van der Waals surface area contributed by atoms with Crippen molar-refractivity contribution in [2.75, 3.05) is 18.8 Å². The first-order valence-corrected chi connectivity index (χ1v) is 7.63. The molecule has 0 atom stereocenters. The second-order valence-corrected chi connectivity index (χ2v) is 5.01. The lowest BCUT2D eigenvalue weighted by Crippen LogP contribution is -2.30. The monoisotopic (exact) mass is 316 g/mol. The van der Waals surface area contributed by atoms with E-state index in [1.165, 1.54) is 0 Å². The summed E-state index contributed by atoms with van der Waals surface area (Å²) in [5.41, 5.74) is 7.70. The molecule has 2 amide bonds. The number of nitrogens with one attached hydrogen (secondary N) is 3. The highest BCUT2D eigenvalue weighted by Gasteiger charge is 2.11. The third kappa shape index (κ3) is 5.94. The Morgan fingerprint density at radius 2 is 2.04 bits per heavy atom. The van der Waals surface area contributed by atoms with Crippen molar-refractivity contribution in [3.63, 3.8) is 0 Å². The summed E-state index contributed by atoms with van der Waals surface area (Å²) in [6.07, 6.45) is 4.42. The predicted molar refractivity (Wildman–Crippen MR) is 92.7 cm³/mol. The van der Waals surface area contributed by atoms with Crippen molar-refractivity contribution < 1.29 is 9.59 Å².